The molecule has 1 rings (SSSR count). The Morgan fingerprint density at radius 3 is 2.78 bits per heavy atom. The van der Waals surface area contributed by atoms with E-state index < -0.39 is 5.92 Å². The van der Waals surface area contributed by atoms with Crippen molar-refractivity contribution in [2.24, 2.45) is 16.8 Å². The smallest absolute Gasteiger partial charge is 0.231 e. The highest BCUT2D eigenvalue weighted by atomic mass is 35.5. The molecule has 100 valence electrons. The van der Waals surface area contributed by atoms with Gasteiger partial charge in [0.1, 0.15) is 0 Å². The first-order valence-corrected chi connectivity index (χ1v) is 6.72. The fourth-order valence-electron chi connectivity index (χ4n) is 1.54. The fourth-order valence-corrected chi connectivity index (χ4v) is 2.61. The van der Waals surface area contributed by atoms with Crippen LogP contribution in [0.4, 0.5) is 0 Å². The Morgan fingerprint density at radius 1 is 1.67 bits per heavy atom. The fraction of sp³-hybridized carbons (Fsp3) is 0.455. The first-order chi connectivity index (χ1) is 8.49. The minimum absolute atomic E-state index is 0.0774. The molecule has 0 radical (unpaired) electrons. The van der Waals surface area contributed by atoms with Crippen LogP contribution in [0.25, 0.3) is 0 Å². The number of carbonyl (C=O) groups is 1. The lowest BCUT2D eigenvalue weighted by atomic mass is 10.0. The zero-order valence-electron chi connectivity index (χ0n) is 10.2. The number of nitrogens with two attached hydrogens (primary N) is 1. The number of thiophene rings is 1. The number of nitrogens with one attached hydrogen (secondary N) is 1. The summed E-state index contributed by atoms with van der Waals surface area (Å²) >= 11 is 7.25. The van der Waals surface area contributed by atoms with E-state index in [1.165, 1.54) is 11.3 Å². The summed E-state index contributed by atoms with van der Waals surface area (Å²) in [5.74, 6) is -0.955. The van der Waals surface area contributed by atoms with Crippen molar-refractivity contribution in [3.8, 4) is 0 Å². The Bertz CT molecular complexity index is 447. The molecule has 1 aromatic rings. The van der Waals surface area contributed by atoms with Crippen molar-refractivity contribution in [2.45, 2.75) is 26.3 Å². The predicted octanol–water partition coefficient (Wildman–Crippen LogP) is 2.35. The largest absolute Gasteiger partial charge is 0.409 e. The van der Waals surface area contributed by atoms with Crippen molar-refractivity contribution in [3.05, 3.63) is 21.3 Å². The Kier molecular flexibility index (Phi) is 5.43. The lowest BCUT2D eigenvalue weighted by Crippen LogP contribution is -2.39. The molecule has 18 heavy (non-hydrogen) atoms. The van der Waals surface area contributed by atoms with Gasteiger partial charge >= 0.3 is 0 Å². The number of carbonyl (C=O) groups excluding carboxylic acids is 1. The van der Waals surface area contributed by atoms with Crippen LogP contribution in [0.15, 0.2) is 17.3 Å². The summed E-state index contributed by atoms with van der Waals surface area (Å²) in [5.41, 5.74) is 5.47. The molecule has 1 heterocycles. The third kappa shape index (κ3) is 3.61. The molecular weight excluding hydrogens is 274 g/mol. The summed E-state index contributed by atoms with van der Waals surface area (Å²) in [4.78, 5) is 12.9. The van der Waals surface area contributed by atoms with Gasteiger partial charge in [0.05, 0.1) is 16.3 Å². The van der Waals surface area contributed by atoms with Gasteiger partial charge in [-0.15, -0.1) is 11.3 Å². The molecule has 0 saturated heterocycles. The molecule has 1 aromatic heterocycles. The Balaban J connectivity index is 2.69. The number of hydrogen-bond donors (Lipinski definition) is 3. The maximum atomic E-state index is 12.0. The van der Waals surface area contributed by atoms with Crippen LogP contribution in [0.2, 0.25) is 4.34 Å². The van der Waals surface area contributed by atoms with Crippen LogP contribution in [0.3, 0.4) is 0 Å². The van der Waals surface area contributed by atoms with Crippen LogP contribution in [-0.4, -0.2) is 17.0 Å². The molecule has 0 aliphatic carbocycles. The highest BCUT2D eigenvalue weighted by Gasteiger charge is 2.23. The molecule has 0 aliphatic heterocycles. The Labute approximate surface area is 115 Å². The lowest BCUT2D eigenvalue weighted by molar-refractivity contribution is -0.123. The van der Waals surface area contributed by atoms with Crippen LogP contribution in [0, 0.1) is 5.92 Å². The Morgan fingerprint density at radius 2 is 2.33 bits per heavy atom. The molecule has 0 spiro atoms. The topological polar surface area (TPSA) is 87.7 Å². The normalized spacial score (nSPS) is 15.2. The summed E-state index contributed by atoms with van der Waals surface area (Å²) in [6, 6.07) is 3.49. The number of halogens is 1. The van der Waals surface area contributed by atoms with Gasteiger partial charge in [0.15, 0.2) is 5.84 Å². The monoisotopic (exact) mass is 289 g/mol. The van der Waals surface area contributed by atoms with Crippen molar-refractivity contribution >= 4 is 34.7 Å². The van der Waals surface area contributed by atoms with Crippen molar-refractivity contribution in [2.75, 3.05) is 0 Å². The van der Waals surface area contributed by atoms with E-state index in [2.05, 4.69) is 10.5 Å². The molecular formula is C11H16ClN3O2S. The van der Waals surface area contributed by atoms with Gasteiger partial charge in [-0.1, -0.05) is 23.7 Å². The molecule has 2 unspecified atom stereocenters. The third-order valence-electron chi connectivity index (χ3n) is 2.58. The van der Waals surface area contributed by atoms with Crippen LogP contribution < -0.4 is 11.1 Å². The minimum Gasteiger partial charge on any atom is -0.409 e. The molecule has 0 saturated carbocycles. The zero-order valence-corrected chi connectivity index (χ0v) is 11.8. The van der Waals surface area contributed by atoms with Crippen molar-refractivity contribution < 1.29 is 10.0 Å². The second kappa shape index (κ2) is 6.61. The van der Waals surface area contributed by atoms with Crippen molar-refractivity contribution in [1.82, 2.24) is 5.32 Å². The maximum absolute atomic E-state index is 12.0. The summed E-state index contributed by atoms with van der Waals surface area (Å²) < 4.78 is 0.676. The lowest BCUT2D eigenvalue weighted by Gasteiger charge is -2.17. The number of rotatable bonds is 5. The number of nitrogens with zero attached hydrogens (tertiary/aromatic N) is 1. The van der Waals surface area contributed by atoms with Gasteiger partial charge in [0.25, 0.3) is 0 Å². The SMILES string of the molecule is CCC(C(=O)NC(C)c1ccc(Cl)s1)C(N)=NO. The van der Waals surface area contributed by atoms with Gasteiger partial charge in [-0.05, 0) is 25.5 Å². The number of oxime groups is 1. The van der Waals surface area contributed by atoms with Gasteiger partial charge in [-0.25, -0.2) is 0 Å². The van der Waals surface area contributed by atoms with Crippen LogP contribution in [0.1, 0.15) is 31.2 Å². The summed E-state index contributed by atoms with van der Waals surface area (Å²) in [5, 5.41) is 14.3. The average Bonchev–Trinajstić information content (AvgIpc) is 2.76. The molecule has 1 amide bonds. The van der Waals surface area contributed by atoms with Gasteiger partial charge in [0, 0.05) is 4.88 Å². The molecule has 0 aliphatic rings. The highest BCUT2D eigenvalue weighted by molar-refractivity contribution is 7.16. The molecule has 2 atom stereocenters. The third-order valence-corrected chi connectivity index (χ3v) is 3.99. The summed E-state index contributed by atoms with van der Waals surface area (Å²) in [6.07, 6.45) is 0.472. The van der Waals surface area contributed by atoms with Gasteiger partial charge < -0.3 is 16.3 Å². The van der Waals surface area contributed by atoms with E-state index in [-0.39, 0.29) is 17.8 Å². The van der Waals surface area contributed by atoms with Gasteiger partial charge in [0.2, 0.25) is 5.91 Å². The summed E-state index contributed by atoms with van der Waals surface area (Å²) in [6.45, 7) is 3.66. The molecule has 5 nitrogen and oxygen atoms in total. The minimum atomic E-state index is -0.618. The van der Waals surface area contributed by atoms with Crippen LogP contribution in [-0.2, 0) is 4.79 Å². The van der Waals surface area contributed by atoms with Crippen LogP contribution in [0.5, 0.6) is 0 Å². The standard InChI is InChI=1S/C11H16ClN3O2S/c1-3-7(10(13)15-17)11(16)14-6(2)8-4-5-9(12)18-8/h4-7,17H,3H2,1-2H3,(H2,13,15)(H,14,16). The first-order valence-electron chi connectivity index (χ1n) is 5.52. The van der Waals surface area contributed by atoms with E-state index in [1.54, 1.807) is 13.0 Å². The number of amidine groups is 1. The van der Waals surface area contributed by atoms with Crippen LogP contribution >= 0.6 is 22.9 Å². The van der Waals surface area contributed by atoms with Gasteiger partial charge in [-0.2, -0.15) is 0 Å². The van der Waals surface area contributed by atoms with E-state index >= 15 is 0 Å². The molecule has 7 heteroatoms. The van der Waals surface area contributed by atoms with E-state index in [0.29, 0.717) is 10.8 Å². The zero-order chi connectivity index (χ0) is 13.7. The van der Waals surface area contributed by atoms with Gasteiger partial charge in [-0.3, -0.25) is 4.79 Å². The predicted molar refractivity (Wildman–Crippen MR) is 73.1 cm³/mol. The van der Waals surface area contributed by atoms with E-state index in [1.807, 2.05) is 13.0 Å². The Hall–Kier alpha value is -1.27. The van der Waals surface area contributed by atoms with E-state index in [0.717, 1.165) is 4.88 Å². The first kappa shape index (κ1) is 14.8. The van der Waals surface area contributed by atoms with Crippen molar-refractivity contribution in [1.29, 1.82) is 0 Å². The summed E-state index contributed by atoms with van der Waals surface area (Å²) in [7, 11) is 0. The van der Waals surface area contributed by atoms with E-state index in [9.17, 15) is 4.79 Å². The van der Waals surface area contributed by atoms with E-state index in [4.69, 9.17) is 22.5 Å². The molecule has 0 bridgehead atoms. The van der Waals surface area contributed by atoms with Crippen molar-refractivity contribution in [3.63, 3.8) is 0 Å². The quantitative estimate of drug-likeness (QED) is 0.336. The highest BCUT2D eigenvalue weighted by Crippen LogP contribution is 2.26. The average molecular weight is 290 g/mol. The molecule has 0 aromatic carbocycles. The molecule has 0 fully saturated rings. The number of amides is 1. The maximum Gasteiger partial charge on any atom is 0.231 e. The second-order valence-corrected chi connectivity index (χ2v) is 5.60. The molecule has 4 N–H and O–H groups in total. The number of hydrogen-bond acceptors (Lipinski definition) is 4. The second-order valence-electron chi connectivity index (χ2n) is 3.86.